The van der Waals surface area contributed by atoms with E-state index in [2.05, 4.69) is 34.3 Å². The molecular weight excluding hydrogens is 314 g/mol. The van der Waals surface area contributed by atoms with Gasteiger partial charge in [-0.05, 0) is 29.7 Å². The van der Waals surface area contributed by atoms with E-state index in [1.807, 2.05) is 24.3 Å². The van der Waals surface area contributed by atoms with Crippen molar-refractivity contribution in [2.24, 2.45) is 0 Å². The van der Waals surface area contributed by atoms with Gasteiger partial charge in [-0.3, -0.25) is 4.68 Å². The Morgan fingerprint density at radius 1 is 1.04 bits per heavy atom. The van der Waals surface area contributed by atoms with Crippen molar-refractivity contribution in [2.75, 3.05) is 19.5 Å². The number of ether oxygens (including phenoxy) is 2. The highest BCUT2D eigenvalue weighted by molar-refractivity contribution is 5.72. The van der Waals surface area contributed by atoms with Crippen LogP contribution in [0.4, 0.5) is 5.82 Å². The molecule has 128 valence electrons. The number of anilines is 1. The molecule has 2 heterocycles. The van der Waals surface area contributed by atoms with E-state index in [1.165, 1.54) is 11.1 Å². The lowest BCUT2D eigenvalue weighted by molar-refractivity contribution is 0.354. The van der Waals surface area contributed by atoms with Gasteiger partial charge in [0.2, 0.25) is 0 Å². The lowest BCUT2D eigenvalue weighted by Gasteiger charge is -2.20. The van der Waals surface area contributed by atoms with Crippen LogP contribution in [0.15, 0.2) is 48.5 Å². The van der Waals surface area contributed by atoms with Crippen molar-refractivity contribution in [3.63, 3.8) is 0 Å². The van der Waals surface area contributed by atoms with Gasteiger partial charge in [-0.2, -0.15) is 5.10 Å². The number of hydrogen-bond donors (Lipinski definition) is 1. The topological polar surface area (TPSA) is 48.3 Å². The molecule has 25 heavy (non-hydrogen) atoms. The lowest BCUT2D eigenvalue weighted by Crippen LogP contribution is -2.12. The Balaban J connectivity index is 1.63. The van der Waals surface area contributed by atoms with E-state index in [4.69, 9.17) is 14.6 Å². The molecule has 0 saturated heterocycles. The van der Waals surface area contributed by atoms with Gasteiger partial charge in [-0.1, -0.05) is 30.3 Å². The molecule has 5 nitrogen and oxygen atoms in total. The van der Waals surface area contributed by atoms with Crippen molar-refractivity contribution in [3.8, 4) is 22.8 Å². The van der Waals surface area contributed by atoms with Crippen LogP contribution >= 0.6 is 0 Å². The summed E-state index contributed by atoms with van der Waals surface area (Å²) in [4.78, 5) is 0. The molecule has 3 aromatic rings. The number of nitrogens with one attached hydrogen (secondary N) is 1. The first-order valence-electron chi connectivity index (χ1n) is 8.39. The Bertz CT molecular complexity index is 887. The summed E-state index contributed by atoms with van der Waals surface area (Å²) in [6.07, 6.45) is 0.933. The van der Waals surface area contributed by atoms with Crippen molar-refractivity contribution in [1.29, 1.82) is 0 Å². The summed E-state index contributed by atoms with van der Waals surface area (Å²) in [5, 5.41) is 8.11. The molecule has 0 unspecified atom stereocenters. The van der Waals surface area contributed by atoms with Crippen LogP contribution in [0.5, 0.6) is 11.5 Å². The third kappa shape index (κ3) is 2.93. The number of rotatable bonds is 5. The average Bonchev–Trinajstić information content (AvgIpc) is 3.09. The molecule has 0 radical (unpaired) electrons. The average molecular weight is 335 g/mol. The predicted molar refractivity (Wildman–Crippen MR) is 98.2 cm³/mol. The fraction of sp³-hybridized carbons (Fsp3) is 0.250. The van der Waals surface area contributed by atoms with Crippen LogP contribution in [0.3, 0.4) is 0 Å². The van der Waals surface area contributed by atoms with Gasteiger partial charge >= 0.3 is 0 Å². The zero-order valence-corrected chi connectivity index (χ0v) is 14.5. The first-order valence-corrected chi connectivity index (χ1v) is 8.39. The Labute approximate surface area is 147 Å². The summed E-state index contributed by atoms with van der Waals surface area (Å²) >= 11 is 0. The molecule has 1 aliphatic heterocycles. The summed E-state index contributed by atoms with van der Waals surface area (Å²) in [5.74, 6) is 2.41. The van der Waals surface area contributed by atoms with E-state index >= 15 is 0 Å². The molecule has 1 aliphatic rings. The third-order valence-electron chi connectivity index (χ3n) is 4.57. The molecule has 0 fully saturated rings. The number of benzene rings is 2. The van der Waals surface area contributed by atoms with Crippen LogP contribution < -0.4 is 14.8 Å². The van der Waals surface area contributed by atoms with E-state index in [9.17, 15) is 0 Å². The zero-order valence-electron chi connectivity index (χ0n) is 14.5. The number of methoxy groups -OCH3 is 2. The normalized spacial score (nSPS) is 12.2. The van der Waals surface area contributed by atoms with E-state index < -0.39 is 0 Å². The molecule has 1 aromatic heterocycles. The minimum Gasteiger partial charge on any atom is -0.493 e. The van der Waals surface area contributed by atoms with Crippen LogP contribution in [-0.4, -0.2) is 24.0 Å². The molecule has 0 bridgehead atoms. The second-order valence-electron chi connectivity index (χ2n) is 6.09. The van der Waals surface area contributed by atoms with Crippen molar-refractivity contribution < 1.29 is 9.47 Å². The monoisotopic (exact) mass is 335 g/mol. The number of fused-ring (bicyclic) bond motifs is 3. The van der Waals surface area contributed by atoms with Crippen LogP contribution in [0.1, 0.15) is 11.1 Å². The van der Waals surface area contributed by atoms with Crippen LogP contribution in [0.2, 0.25) is 0 Å². The van der Waals surface area contributed by atoms with Gasteiger partial charge in [-0.25, -0.2) is 0 Å². The summed E-state index contributed by atoms with van der Waals surface area (Å²) in [6.45, 7) is 1.63. The molecule has 1 N–H and O–H groups in total. The molecule has 0 spiro atoms. The maximum atomic E-state index is 5.46. The van der Waals surface area contributed by atoms with E-state index in [0.29, 0.717) is 0 Å². The fourth-order valence-corrected chi connectivity index (χ4v) is 3.27. The van der Waals surface area contributed by atoms with Crippen molar-refractivity contribution in [2.45, 2.75) is 19.5 Å². The number of aromatic nitrogens is 2. The Hall–Kier alpha value is -2.95. The molecule has 0 atom stereocenters. The predicted octanol–water partition coefficient (Wildman–Crippen LogP) is 3.74. The van der Waals surface area contributed by atoms with Crippen LogP contribution in [-0.2, 0) is 19.5 Å². The Morgan fingerprint density at radius 3 is 2.56 bits per heavy atom. The highest BCUT2D eigenvalue weighted by Gasteiger charge is 2.21. The zero-order chi connectivity index (χ0) is 17.2. The minimum atomic E-state index is 0.745. The maximum absolute atomic E-state index is 5.46. The summed E-state index contributed by atoms with van der Waals surface area (Å²) in [6, 6.07) is 16.6. The summed E-state index contributed by atoms with van der Waals surface area (Å²) < 4.78 is 12.9. The quantitative estimate of drug-likeness (QED) is 0.772. The molecule has 4 rings (SSSR count). The lowest BCUT2D eigenvalue weighted by atomic mass is 9.98. The highest BCUT2D eigenvalue weighted by atomic mass is 16.5. The smallest absolute Gasteiger partial charge is 0.161 e. The van der Waals surface area contributed by atoms with Crippen LogP contribution in [0, 0.1) is 0 Å². The maximum Gasteiger partial charge on any atom is 0.161 e. The highest BCUT2D eigenvalue weighted by Crippen LogP contribution is 2.39. The van der Waals surface area contributed by atoms with Gasteiger partial charge in [0.1, 0.15) is 5.82 Å². The minimum absolute atomic E-state index is 0.745. The summed E-state index contributed by atoms with van der Waals surface area (Å²) in [7, 11) is 3.33. The second-order valence-corrected chi connectivity index (χ2v) is 6.09. The molecule has 0 saturated carbocycles. The van der Waals surface area contributed by atoms with E-state index in [-0.39, 0.29) is 0 Å². The number of nitrogens with zero attached hydrogens (tertiary/aromatic N) is 2. The van der Waals surface area contributed by atoms with Gasteiger partial charge < -0.3 is 14.8 Å². The van der Waals surface area contributed by atoms with Crippen molar-refractivity contribution >= 4 is 5.82 Å². The fourth-order valence-electron chi connectivity index (χ4n) is 3.27. The third-order valence-corrected chi connectivity index (χ3v) is 4.57. The number of aryl methyl sites for hydroxylation is 2. The van der Waals surface area contributed by atoms with E-state index in [1.54, 1.807) is 14.2 Å². The van der Waals surface area contributed by atoms with Gasteiger partial charge in [0.05, 0.1) is 19.9 Å². The standard InChI is InChI=1S/C20H21N3O2/c1-24-18-10-15-8-9-23-17(16(15)11-19(18)25-2)12-20(22-23)21-13-14-6-4-3-5-7-14/h3-7,10-12H,8-9,13H2,1-2H3,(H,21,22). The molecule has 5 heteroatoms. The van der Waals surface area contributed by atoms with Gasteiger partial charge in [0, 0.05) is 24.7 Å². The SMILES string of the molecule is COc1cc2c(cc1OC)-c1cc(NCc3ccccc3)nn1CC2. The van der Waals surface area contributed by atoms with Gasteiger partial charge in [-0.15, -0.1) is 0 Å². The largest absolute Gasteiger partial charge is 0.493 e. The molecular formula is C20H21N3O2. The molecule has 0 amide bonds. The molecule has 0 aliphatic carbocycles. The van der Waals surface area contributed by atoms with Crippen molar-refractivity contribution in [3.05, 3.63) is 59.7 Å². The van der Waals surface area contributed by atoms with Gasteiger partial charge in [0.15, 0.2) is 11.5 Å². The van der Waals surface area contributed by atoms with Gasteiger partial charge in [0.25, 0.3) is 0 Å². The first kappa shape index (κ1) is 15.6. The van der Waals surface area contributed by atoms with Crippen LogP contribution in [0.25, 0.3) is 11.3 Å². The molecule has 2 aromatic carbocycles. The second kappa shape index (κ2) is 6.51. The summed E-state index contributed by atoms with van der Waals surface area (Å²) in [5.41, 5.74) is 4.77. The number of hydrogen-bond acceptors (Lipinski definition) is 4. The first-order chi connectivity index (χ1) is 12.3. The Kier molecular flexibility index (Phi) is 4.06. The van der Waals surface area contributed by atoms with E-state index in [0.717, 1.165) is 48.1 Å². The van der Waals surface area contributed by atoms with Crippen molar-refractivity contribution in [1.82, 2.24) is 9.78 Å². The Morgan fingerprint density at radius 2 is 1.80 bits per heavy atom.